The molecule has 104 valence electrons. The van der Waals surface area contributed by atoms with Crippen LogP contribution in [0.3, 0.4) is 0 Å². The minimum atomic E-state index is 0.511. The van der Waals surface area contributed by atoms with Crippen LogP contribution in [0.25, 0.3) is 0 Å². The average molecular weight is 307 g/mol. The van der Waals surface area contributed by atoms with E-state index in [0.717, 1.165) is 17.1 Å². The van der Waals surface area contributed by atoms with Crippen LogP contribution in [0, 0.1) is 0 Å². The molecule has 0 atom stereocenters. The molecule has 0 aliphatic rings. The van der Waals surface area contributed by atoms with Crippen molar-refractivity contribution in [3.8, 4) is 5.75 Å². The Balaban J connectivity index is 1.94. The highest BCUT2D eigenvalue weighted by atomic mass is 35.5. The molecule has 0 heterocycles. The Morgan fingerprint density at radius 3 is 2.45 bits per heavy atom. The Morgan fingerprint density at radius 2 is 1.80 bits per heavy atom. The van der Waals surface area contributed by atoms with Crippen molar-refractivity contribution in [3.05, 3.63) is 53.6 Å². The van der Waals surface area contributed by atoms with Crippen molar-refractivity contribution in [2.45, 2.75) is 6.92 Å². The van der Waals surface area contributed by atoms with Gasteiger partial charge in [-0.1, -0.05) is 17.7 Å². The first-order valence-electron chi connectivity index (χ1n) is 6.24. The van der Waals surface area contributed by atoms with Crippen LogP contribution in [0.15, 0.2) is 48.5 Å². The summed E-state index contributed by atoms with van der Waals surface area (Å²) in [7, 11) is 0. The molecule has 0 bridgehead atoms. The van der Waals surface area contributed by atoms with Crippen molar-refractivity contribution in [3.63, 3.8) is 0 Å². The van der Waals surface area contributed by atoms with Crippen LogP contribution in [0.5, 0.6) is 5.75 Å². The molecule has 0 amide bonds. The molecular weight excluding hydrogens is 292 g/mol. The lowest BCUT2D eigenvalue weighted by atomic mass is 10.3. The van der Waals surface area contributed by atoms with Gasteiger partial charge in [-0.15, -0.1) is 0 Å². The van der Waals surface area contributed by atoms with Gasteiger partial charge in [0.15, 0.2) is 5.11 Å². The van der Waals surface area contributed by atoms with Crippen molar-refractivity contribution in [2.24, 2.45) is 0 Å². The summed E-state index contributed by atoms with van der Waals surface area (Å²) in [6.07, 6.45) is 0. The second-order valence-corrected chi connectivity index (χ2v) is 4.89. The van der Waals surface area contributed by atoms with E-state index in [-0.39, 0.29) is 0 Å². The molecule has 5 heteroatoms. The number of hydrogen-bond donors (Lipinski definition) is 2. The zero-order chi connectivity index (χ0) is 14.4. The average Bonchev–Trinajstić information content (AvgIpc) is 2.41. The van der Waals surface area contributed by atoms with Gasteiger partial charge in [0.1, 0.15) is 5.75 Å². The van der Waals surface area contributed by atoms with Gasteiger partial charge in [0.25, 0.3) is 0 Å². The molecule has 0 radical (unpaired) electrons. The SMILES string of the molecule is CCOc1ccc(NC(=S)Nc2cccc(Cl)c2)cc1. The zero-order valence-electron chi connectivity index (χ0n) is 11.0. The van der Waals surface area contributed by atoms with Crippen LogP contribution >= 0.6 is 23.8 Å². The van der Waals surface area contributed by atoms with E-state index in [9.17, 15) is 0 Å². The van der Waals surface area contributed by atoms with E-state index in [1.165, 1.54) is 0 Å². The normalized spacial score (nSPS) is 9.90. The van der Waals surface area contributed by atoms with E-state index in [1.807, 2.05) is 55.5 Å². The zero-order valence-corrected chi connectivity index (χ0v) is 12.6. The van der Waals surface area contributed by atoms with E-state index < -0.39 is 0 Å². The van der Waals surface area contributed by atoms with Gasteiger partial charge >= 0.3 is 0 Å². The molecule has 0 spiro atoms. The summed E-state index contributed by atoms with van der Waals surface area (Å²) in [5.41, 5.74) is 1.74. The summed E-state index contributed by atoms with van der Waals surface area (Å²) in [5.74, 6) is 0.840. The van der Waals surface area contributed by atoms with Crippen molar-refractivity contribution in [1.29, 1.82) is 0 Å². The molecule has 0 saturated heterocycles. The highest BCUT2D eigenvalue weighted by molar-refractivity contribution is 7.80. The van der Waals surface area contributed by atoms with E-state index >= 15 is 0 Å². The number of anilines is 2. The second-order valence-electron chi connectivity index (χ2n) is 4.05. The number of rotatable bonds is 4. The minimum absolute atomic E-state index is 0.511. The van der Waals surface area contributed by atoms with Gasteiger partial charge in [0.05, 0.1) is 6.61 Å². The van der Waals surface area contributed by atoms with Gasteiger partial charge in [-0.3, -0.25) is 0 Å². The smallest absolute Gasteiger partial charge is 0.175 e. The van der Waals surface area contributed by atoms with E-state index in [0.29, 0.717) is 16.7 Å². The van der Waals surface area contributed by atoms with Gasteiger partial charge in [-0.25, -0.2) is 0 Å². The van der Waals surface area contributed by atoms with Gasteiger partial charge in [-0.05, 0) is 61.6 Å². The third-order valence-electron chi connectivity index (χ3n) is 2.51. The molecule has 0 aliphatic carbocycles. The fourth-order valence-corrected chi connectivity index (χ4v) is 2.09. The van der Waals surface area contributed by atoms with Crippen molar-refractivity contribution < 1.29 is 4.74 Å². The van der Waals surface area contributed by atoms with Crippen molar-refractivity contribution in [1.82, 2.24) is 0 Å². The second kappa shape index (κ2) is 7.12. The lowest BCUT2D eigenvalue weighted by Crippen LogP contribution is -2.18. The predicted molar refractivity (Wildman–Crippen MR) is 88.9 cm³/mol. The Labute approximate surface area is 128 Å². The Hall–Kier alpha value is -1.78. The number of hydrogen-bond acceptors (Lipinski definition) is 2. The fourth-order valence-electron chi connectivity index (χ4n) is 1.66. The van der Waals surface area contributed by atoms with Crippen LogP contribution in [-0.4, -0.2) is 11.7 Å². The first kappa shape index (κ1) is 14.6. The van der Waals surface area contributed by atoms with Gasteiger partial charge < -0.3 is 15.4 Å². The standard InChI is InChI=1S/C15H15ClN2OS/c1-2-19-14-8-6-12(7-9-14)17-15(20)18-13-5-3-4-11(16)10-13/h3-10H,2H2,1H3,(H2,17,18,20). The monoisotopic (exact) mass is 306 g/mol. The summed E-state index contributed by atoms with van der Waals surface area (Å²) in [5, 5.41) is 7.35. The minimum Gasteiger partial charge on any atom is -0.494 e. The van der Waals surface area contributed by atoms with Gasteiger partial charge in [0, 0.05) is 16.4 Å². The number of halogens is 1. The van der Waals surface area contributed by atoms with E-state index in [1.54, 1.807) is 0 Å². The number of nitrogens with one attached hydrogen (secondary N) is 2. The van der Waals surface area contributed by atoms with E-state index in [4.69, 9.17) is 28.6 Å². The lowest BCUT2D eigenvalue weighted by Gasteiger charge is -2.11. The third-order valence-corrected chi connectivity index (χ3v) is 2.94. The van der Waals surface area contributed by atoms with Crippen molar-refractivity contribution >= 4 is 40.3 Å². The summed E-state index contributed by atoms with van der Waals surface area (Å²) in [6, 6.07) is 15.0. The molecule has 0 saturated carbocycles. The molecule has 20 heavy (non-hydrogen) atoms. The summed E-state index contributed by atoms with van der Waals surface area (Å²) < 4.78 is 5.38. The van der Waals surface area contributed by atoms with Crippen molar-refractivity contribution in [2.75, 3.05) is 17.2 Å². The molecule has 0 fully saturated rings. The summed E-state index contributed by atoms with van der Waals surface area (Å²) >= 11 is 11.2. The number of ether oxygens (including phenoxy) is 1. The highest BCUT2D eigenvalue weighted by Crippen LogP contribution is 2.17. The Kier molecular flexibility index (Phi) is 5.21. The fraction of sp³-hybridized carbons (Fsp3) is 0.133. The molecule has 0 aromatic heterocycles. The largest absolute Gasteiger partial charge is 0.494 e. The topological polar surface area (TPSA) is 33.3 Å². The predicted octanol–water partition coefficient (Wildman–Crippen LogP) is 4.55. The van der Waals surface area contributed by atoms with Gasteiger partial charge in [-0.2, -0.15) is 0 Å². The molecule has 2 aromatic carbocycles. The van der Waals surface area contributed by atoms with Crippen LogP contribution < -0.4 is 15.4 Å². The lowest BCUT2D eigenvalue weighted by molar-refractivity contribution is 0.340. The highest BCUT2D eigenvalue weighted by Gasteiger charge is 2.00. The summed E-state index contributed by atoms with van der Waals surface area (Å²) in [4.78, 5) is 0. The van der Waals surface area contributed by atoms with Crippen LogP contribution in [-0.2, 0) is 0 Å². The molecule has 2 N–H and O–H groups in total. The van der Waals surface area contributed by atoms with Crippen LogP contribution in [0.4, 0.5) is 11.4 Å². The molecule has 3 nitrogen and oxygen atoms in total. The third kappa shape index (κ3) is 4.40. The maximum Gasteiger partial charge on any atom is 0.175 e. The Morgan fingerprint density at radius 1 is 1.10 bits per heavy atom. The first-order valence-corrected chi connectivity index (χ1v) is 7.02. The Bertz CT molecular complexity index is 587. The first-order chi connectivity index (χ1) is 9.67. The van der Waals surface area contributed by atoms with Gasteiger partial charge in [0.2, 0.25) is 0 Å². The molecule has 0 aliphatic heterocycles. The van der Waals surface area contributed by atoms with Crippen LogP contribution in [0.1, 0.15) is 6.92 Å². The van der Waals surface area contributed by atoms with E-state index in [2.05, 4.69) is 10.6 Å². The maximum absolute atomic E-state index is 5.92. The number of thiocarbonyl (C=S) groups is 1. The molecule has 2 aromatic rings. The van der Waals surface area contributed by atoms with Crippen LogP contribution in [0.2, 0.25) is 5.02 Å². The quantitative estimate of drug-likeness (QED) is 0.812. The maximum atomic E-state index is 5.92. The molecular formula is C15H15ClN2OS. The molecule has 2 rings (SSSR count). The number of benzene rings is 2. The summed E-state index contributed by atoms with van der Waals surface area (Å²) in [6.45, 7) is 2.61. The molecule has 0 unspecified atom stereocenters.